The van der Waals surface area contributed by atoms with E-state index in [0.29, 0.717) is 5.56 Å². The van der Waals surface area contributed by atoms with Crippen LogP contribution in [0, 0.1) is 12.8 Å². The number of carbonyl (C=O) groups excluding carboxylic acids is 1. The fraction of sp³-hybridized carbons (Fsp3) is 0.611. The van der Waals surface area contributed by atoms with Gasteiger partial charge in [-0.1, -0.05) is 18.9 Å². The summed E-state index contributed by atoms with van der Waals surface area (Å²) in [4.78, 5) is 12.8. The smallest absolute Gasteiger partial charge is 0.251 e. The first kappa shape index (κ1) is 18.4. The van der Waals surface area contributed by atoms with Gasteiger partial charge >= 0.3 is 0 Å². The van der Waals surface area contributed by atoms with Crippen LogP contribution in [0.2, 0.25) is 0 Å². The minimum atomic E-state index is -3.59. The Morgan fingerprint density at radius 1 is 1.20 bits per heavy atom. The van der Waals surface area contributed by atoms with E-state index in [-0.39, 0.29) is 35.4 Å². The van der Waals surface area contributed by atoms with Crippen molar-refractivity contribution in [3.63, 3.8) is 0 Å². The Labute approximate surface area is 149 Å². The van der Waals surface area contributed by atoms with Gasteiger partial charge in [0.15, 0.2) is 0 Å². The summed E-state index contributed by atoms with van der Waals surface area (Å²) in [5.41, 5.74) is 1.11. The zero-order chi connectivity index (χ0) is 18.0. The van der Waals surface area contributed by atoms with E-state index >= 15 is 0 Å². The number of sulfonamides is 1. The summed E-state index contributed by atoms with van der Waals surface area (Å²) in [5, 5.41) is 12.5. The molecule has 0 unspecified atom stereocenters. The molecule has 0 bridgehead atoms. The average Bonchev–Trinajstić information content (AvgIpc) is 3.38. The molecule has 1 aromatic rings. The van der Waals surface area contributed by atoms with Crippen LogP contribution in [0.5, 0.6) is 0 Å². The quantitative estimate of drug-likeness (QED) is 0.714. The molecule has 138 valence electrons. The first-order valence-corrected chi connectivity index (χ1v) is 10.4. The van der Waals surface area contributed by atoms with E-state index in [1.165, 1.54) is 12.1 Å². The van der Waals surface area contributed by atoms with Crippen LogP contribution in [0.15, 0.2) is 23.1 Å². The van der Waals surface area contributed by atoms with Crippen molar-refractivity contribution < 1.29 is 18.3 Å². The van der Waals surface area contributed by atoms with Gasteiger partial charge in [-0.05, 0) is 50.3 Å². The highest BCUT2D eigenvalue weighted by molar-refractivity contribution is 7.89. The molecule has 1 aromatic carbocycles. The maximum atomic E-state index is 12.7. The van der Waals surface area contributed by atoms with Gasteiger partial charge in [0.05, 0.1) is 4.90 Å². The zero-order valence-corrected chi connectivity index (χ0v) is 15.3. The molecule has 6 nitrogen and oxygen atoms in total. The number of hydrogen-bond acceptors (Lipinski definition) is 4. The zero-order valence-electron chi connectivity index (χ0n) is 14.5. The summed E-state index contributed by atoms with van der Waals surface area (Å²) in [6, 6.07) is 4.62. The molecule has 0 heterocycles. The minimum absolute atomic E-state index is 0.0242. The Balaban J connectivity index is 1.78. The number of nitrogens with one attached hydrogen (secondary N) is 2. The van der Waals surface area contributed by atoms with Crippen LogP contribution >= 0.6 is 0 Å². The van der Waals surface area contributed by atoms with Crippen molar-refractivity contribution in [3.8, 4) is 0 Å². The van der Waals surface area contributed by atoms with Crippen LogP contribution < -0.4 is 10.0 Å². The summed E-state index contributed by atoms with van der Waals surface area (Å²) >= 11 is 0. The van der Waals surface area contributed by atoms with E-state index in [2.05, 4.69) is 10.0 Å². The Morgan fingerprint density at radius 2 is 1.92 bits per heavy atom. The van der Waals surface area contributed by atoms with Gasteiger partial charge in [-0.3, -0.25) is 4.79 Å². The predicted molar refractivity (Wildman–Crippen MR) is 94.8 cm³/mol. The lowest BCUT2D eigenvalue weighted by molar-refractivity contribution is 0.0872. The van der Waals surface area contributed by atoms with Crippen molar-refractivity contribution in [3.05, 3.63) is 29.3 Å². The highest BCUT2D eigenvalue weighted by Gasteiger charge is 2.29. The molecule has 3 N–H and O–H groups in total. The molecule has 0 aromatic heterocycles. The molecule has 2 atom stereocenters. The largest absolute Gasteiger partial charge is 0.396 e. The van der Waals surface area contributed by atoms with Crippen LogP contribution in [0.25, 0.3) is 0 Å². The van der Waals surface area contributed by atoms with Crippen molar-refractivity contribution in [2.24, 2.45) is 5.92 Å². The second kappa shape index (κ2) is 7.43. The third-order valence-corrected chi connectivity index (χ3v) is 6.64. The van der Waals surface area contributed by atoms with Crippen molar-refractivity contribution in [2.45, 2.75) is 62.4 Å². The topological polar surface area (TPSA) is 95.5 Å². The molecule has 2 aliphatic rings. The Kier molecular flexibility index (Phi) is 5.46. The lowest BCUT2D eigenvalue weighted by atomic mass is 9.85. The Bertz CT molecular complexity index is 743. The average molecular weight is 366 g/mol. The summed E-state index contributed by atoms with van der Waals surface area (Å²) in [6.45, 7) is 1.85. The molecule has 2 fully saturated rings. The van der Waals surface area contributed by atoms with E-state index in [1.807, 2.05) is 0 Å². The van der Waals surface area contributed by atoms with Crippen molar-refractivity contribution in [1.29, 1.82) is 0 Å². The predicted octanol–water partition coefficient (Wildman–Crippen LogP) is 1.72. The number of aryl methyl sites for hydroxylation is 1. The third-order valence-electron chi connectivity index (χ3n) is 5.12. The molecule has 0 spiro atoms. The molecule has 1 amide bonds. The van der Waals surface area contributed by atoms with Gasteiger partial charge in [-0.15, -0.1) is 0 Å². The third kappa shape index (κ3) is 4.40. The number of carbonyl (C=O) groups is 1. The van der Waals surface area contributed by atoms with Crippen molar-refractivity contribution in [2.75, 3.05) is 6.61 Å². The van der Waals surface area contributed by atoms with Gasteiger partial charge in [0, 0.05) is 30.2 Å². The van der Waals surface area contributed by atoms with Gasteiger partial charge in [0.25, 0.3) is 5.91 Å². The molecule has 0 saturated heterocycles. The van der Waals surface area contributed by atoms with Crippen LogP contribution in [0.1, 0.15) is 54.4 Å². The minimum Gasteiger partial charge on any atom is -0.396 e. The van der Waals surface area contributed by atoms with E-state index in [0.717, 1.165) is 44.1 Å². The molecular weight excluding hydrogens is 340 g/mol. The van der Waals surface area contributed by atoms with E-state index in [4.69, 9.17) is 0 Å². The van der Waals surface area contributed by atoms with Crippen LogP contribution in [0.3, 0.4) is 0 Å². The summed E-state index contributed by atoms with van der Waals surface area (Å²) in [5.74, 6) is -0.201. The molecule has 0 radical (unpaired) electrons. The molecule has 7 heteroatoms. The van der Waals surface area contributed by atoms with E-state index < -0.39 is 10.0 Å². The molecular formula is C18H26N2O4S. The Hall–Kier alpha value is -1.44. The highest BCUT2D eigenvalue weighted by atomic mass is 32.2. The van der Waals surface area contributed by atoms with Gasteiger partial charge in [-0.25, -0.2) is 13.1 Å². The number of rotatable bonds is 6. The fourth-order valence-electron chi connectivity index (χ4n) is 3.36. The maximum Gasteiger partial charge on any atom is 0.251 e. The first-order valence-electron chi connectivity index (χ1n) is 8.95. The lowest BCUT2D eigenvalue weighted by Crippen LogP contribution is -2.43. The molecule has 0 aliphatic heterocycles. The van der Waals surface area contributed by atoms with Crippen LogP contribution in [-0.4, -0.2) is 38.1 Å². The standard InChI is InChI=1S/C18H26N2O4S/c1-12-6-9-15(25(23,24)20-14-7-8-14)10-16(12)18(22)19-17-5-3-2-4-13(17)11-21/h6,9-10,13-14,17,20-21H,2-5,7-8,11H2,1H3,(H,19,22)/t13-,17-/m1/s1. The van der Waals surface area contributed by atoms with Gasteiger partial charge < -0.3 is 10.4 Å². The van der Waals surface area contributed by atoms with Gasteiger partial charge in [0.2, 0.25) is 10.0 Å². The normalized spacial score (nSPS) is 24.1. The van der Waals surface area contributed by atoms with E-state index in [1.54, 1.807) is 13.0 Å². The number of amides is 1. The molecule has 2 aliphatic carbocycles. The van der Waals surface area contributed by atoms with E-state index in [9.17, 15) is 18.3 Å². The SMILES string of the molecule is Cc1ccc(S(=O)(=O)NC2CC2)cc1C(=O)N[C@@H]1CCCC[C@@H]1CO. The fourth-order valence-corrected chi connectivity index (χ4v) is 4.69. The molecule has 3 rings (SSSR count). The number of benzene rings is 1. The molecule has 2 saturated carbocycles. The number of hydrogen-bond donors (Lipinski definition) is 3. The summed E-state index contributed by atoms with van der Waals surface area (Å²) in [7, 11) is -3.59. The van der Waals surface area contributed by atoms with Crippen LogP contribution in [-0.2, 0) is 10.0 Å². The second-order valence-corrected chi connectivity index (χ2v) is 8.89. The number of aliphatic hydroxyl groups is 1. The highest BCUT2D eigenvalue weighted by Crippen LogP contribution is 2.26. The van der Waals surface area contributed by atoms with Crippen molar-refractivity contribution >= 4 is 15.9 Å². The first-order chi connectivity index (χ1) is 11.9. The number of aliphatic hydroxyl groups excluding tert-OH is 1. The summed E-state index contributed by atoms with van der Waals surface area (Å²) in [6.07, 6.45) is 5.57. The van der Waals surface area contributed by atoms with Crippen LogP contribution in [0.4, 0.5) is 0 Å². The van der Waals surface area contributed by atoms with Crippen molar-refractivity contribution in [1.82, 2.24) is 10.0 Å². The van der Waals surface area contributed by atoms with Gasteiger partial charge in [0.1, 0.15) is 0 Å². The monoisotopic (exact) mass is 366 g/mol. The van der Waals surface area contributed by atoms with Gasteiger partial charge in [-0.2, -0.15) is 0 Å². The lowest BCUT2D eigenvalue weighted by Gasteiger charge is -2.31. The maximum absolute atomic E-state index is 12.7. The summed E-state index contributed by atoms with van der Waals surface area (Å²) < 4.78 is 27.4. The molecule has 25 heavy (non-hydrogen) atoms. The second-order valence-electron chi connectivity index (χ2n) is 7.18. The Morgan fingerprint density at radius 3 is 2.60 bits per heavy atom.